The summed E-state index contributed by atoms with van der Waals surface area (Å²) in [6.07, 6.45) is 0.323. The van der Waals surface area contributed by atoms with Crippen LogP contribution in [0.5, 0.6) is 0 Å². The van der Waals surface area contributed by atoms with Gasteiger partial charge in [0.15, 0.2) is 0 Å². The van der Waals surface area contributed by atoms with Crippen LogP contribution >= 0.6 is 0 Å². The second-order valence-corrected chi connectivity index (χ2v) is 6.44. The van der Waals surface area contributed by atoms with Crippen molar-refractivity contribution in [3.05, 3.63) is 42.5 Å². The number of ether oxygens (including phenoxy) is 1. The summed E-state index contributed by atoms with van der Waals surface area (Å²) in [4.78, 5) is 14.8. The van der Waals surface area contributed by atoms with Gasteiger partial charge in [0, 0.05) is 18.8 Å². The van der Waals surface area contributed by atoms with Gasteiger partial charge in [-0.05, 0) is 43.7 Å². The van der Waals surface area contributed by atoms with Gasteiger partial charge in [-0.3, -0.25) is 9.69 Å². The molecule has 0 aliphatic carbocycles. The molecule has 1 aliphatic rings. The highest BCUT2D eigenvalue weighted by molar-refractivity contribution is 5.97. The van der Waals surface area contributed by atoms with Crippen molar-refractivity contribution in [2.24, 2.45) is 0 Å². The predicted molar refractivity (Wildman–Crippen MR) is 93.6 cm³/mol. The molecule has 0 aromatic heterocycles. The summed E-state index contributed by atoms with van der Waals surface area (Å²) < 4.78 is 5.74. The Bertz CT molecular complexity index is 691. The monoisotopic (exact) mass is 312 g/mol. The molecular formula is C19H24N2O2. The minimum atomic E-state index is -0.171. The third kappa shape index (κ3) is 3.71. The molecule has 3 rings (SSSR count). The molecule has 122 valence electrons. The Balaban J connectivity index is 1.69. The van der Waals surface area contributed by atoms with Gasteiger partial charge in [-0.1, -0.05) is 30.3 Å². The first-order valence-corrected chi connectivity index (χ1v) is 8.22. The number of amides is 1. The van der Waals surface area contributed by atoms with Gasteiger partial charge in [0.25, 0.3) is 0 Å². The van der Waals surface area contributed by atoms with E-state index in [2.05, 4.69) is 36.2 Å². The maximum atomic E-state index is 12.6. The van der Waals surface area contributed by atoms with E-state index in [0.717, 1.165) is 24.2 Å². The van der Waals surface area contributed by atoms with Gasteiger partial charge >= 0.3 is 0 Å². The van der Waals surface area contributed by atoms with Crippen LogP contribution in [0.3, 0.4) is 0 Å². The van der Waals surface area contributed by atoms with E-state index in [1.54, 1.807) is 0 Å². The van der Waals surface area contributed by atoms with Crippen LogP contribution in [0.15, 0.2) is 42.5 Å². The van der Waals surface area contributed by atoms with Gasteiger partial charge in [0.05, 0.1) is 18.2 Å². The third-order valence-corrected chi connectivity index (χ3v) is 4.39. The summed E-state index contributed by atoms with van der Waals surface area (Å²) in [5, 5.41) is 5.35. The fourth-order valence-corrected chi connectivity index (χ4v) is 3.21. The van der Waals surface area contributed by atoms with Crippen molar-refractivity contribution >= 4 is 22.4 Å². The summed E-state index contributed by atoms with van der Waals surface area (Å²) in [6, 6.07) is 14.0. The number of rotatable bonds is 3. The van der Waals surface area contributed by atoms with E-state index < -0.39 is 0 Å². The maximum Gasteiger partial charge on any atom is 0.241 e. The number of hydrogen-bond acceptors (Lipinski definition) is 3. The van der Waals surface area contributed by atoms with Crippen molar-refractivity contribution in [2.75, 3.05) is 18.4 Å². The van der Waals surface area contributed by atoms with E-state index in [0.29, 0.717) is 0 Å². The number of carbonyl (C=O) groups is 1. The largest absolute Gasteiger partial charge is 0.373 e. The lowest BCUT2D eigenvalue weighted by molar-refractivity contribution is -0.126. The Morgan fingerprint density at radius 3 is 2.48 bits per heavy atom. The summed E-state index contributed by atoms with van der Waals surface area (Å²) >= 11 is 0. The van der Waals surface area contributed by atoms with Gasteiger partial charge in [0.2, 0.25) is 5.91 Å². The van der Waals surface area contributed by atoms with E-state index in [4.69, 9.17) is 4.74 Å². The van der Waals surface area contributed by atoms with E-state index >= 15 is 0 Å². The molecule has 0 radical (unpaired) electrons. The molecule has 0 saturated carbocycles. The molecule has 1 heterocycles. The Morgan fingerprint density at radius 1 is 1.13 bits per heavy atom. The van der Waals surface area contributed by atoms with Crippen LogP contribution in [0, 0.1) is 0 Å². The number of carbonyl (C=O) groups excluding carboxylic acids is 1. The molecule has 2 aromatic rings. The first-order chi connectivity index (χ1) is 11.0. The van der Waals surface area contributed by atoms with Crippen LogP contribution in [-0.2, 0) is 9.53 Å². The zero-order valence-corrected chi connectivity index (χ0v) is 14.0. The normalized spacial score (nSPS) is 23.6. The van der Waals surface area contributed by atoms with Crippen LogP contribution in [0.1, 0.15) is 20.8 Å². The number of nitrogens with one attached hydrogen (secondary N) is 1. The van der Waals surface area contributed by atoms with Crippen LogP contribution in [0.2, 0.25) is 0 Å². The Labute approximate surface area is 137 Å². The smallest absolute Gasteiger partial charge is 0.241 e. The standard InChI is InChI=1S/C19H24N2O2/c1-13-11-21(12-14(2)23-13)15(3)19(22)20-18-9-8-16-6-4-5-7-17(16)10-18/h4-10,13-15H,11-12H2,1-3H3,(H,20,22). The number of fused-ring (bicyclic) bond motifs is 1. The van der Waals surface area contributed by atoms with E-state index in [1.807, 2.05) is 37.3 Å². The fraction of sp³-hybridized carbons (Fsp3) is 0.421. The molecule has 3 unspecified atom stereocenters. The SMILES string of the molecule is CC1CN(C(C)C(=O)Nc2ccc3ccccc3c2)CC(C)O1. The average Bonchev–Trinajstić information content (AvgIpc) is 2.53. The summed E-state index contributed by atoms with van der Waals surface area (Å²) in [7, 11) is 0. The molecule has 4 heteroatoms. The molecule has 1 saturated heterocycles. The quantitative estimate of drug-likeness (QED) is 0.945. The van der Waals surface area contributed by atoms with Gasteiger partial charge in [0.1, 0.15) is 0 Å². The second kappa shape index (κ2) is 6.69. The van der Waals surface area contributed by atoms with E-state index in [-0.39, 0.29) is 24.2 Å². The third-order valence-electron chi connectivity index (χ3n) is 4.39. The van der Waals surface area contributed by atoms with E-state index in [1.165, 1.54) is 5.39 Å². The molecule has 1 aliphatic heterocycles. The molecule has 3 atom stereocenters. The first-order valence-electron chi connectivity index (χ1n) is 8.22. The highest BCUT2D eigenvalue weighted by Crippen LogP contribution is 2.20. The predicted octanol–water partition coefficient (Wildman–Crippen LogP) is 3.28. The summed E-state index contributed by atoms with van der Waals surface area (Å²) in [5.41, 5.74) is 0.843. The lowest BCUT2D eigenvalue weighted by atomic mass is 10.1. The molecule has 0 spiro atoms. The van der Waals surface area contributed by atoms with Crippen molar-refractivity contribution in [3.8, 4) is 0 Å². The van der Waals surface area contributed by atoms with Crippen molar-refractivity contribution in [3.63, 3.8) is 0 Å². The van der Waals surface area contributed by atoms with Crippen LogP contribution in [0.4, 0.5) is 5.69 Å². The molecule has 0 bridgehead atoms. The van der Waals surface area contributed by atoms with Crippen molar-refractivity contribution in [1.82, 2.24) is 4.90 Å². The summed E-state index contributed by atoms with van der Waals surface area (Å²) in [6.45, 7) is 7.64. The van der Waals surface area contributed by atoms with Gasteiger partial charge in [-0.2, -0.15) is 0 Å². The minimum absolute atomic E-state index is 0.0292. The maximum absolute atomic E-state index is 12.6. The molecule has 1 fully saturated rings. The topological polar surface area (TPSA) is 41.6 Å². The van der Waals surface area contributed by atoms with Crippen molar-refractivity contribution < 1.29 is 9.53 Å². The van der Waals surface area contributed by atoms with Gasteiger partial charge in [-0.25, -0.2) is 0 Å². The number of anilines is 1. The lowest BCUT2D eigenvalue weighted by Gasteiger charge is -2.38. The molecule has 23 heavy (non-hydrogen) atoms. The van der Waals surface area contributed by atoms with Crippen molar-refractivity contribution in [1.29, 1.82) is 0 Å². The average molecular weight is 312 g/mol. The number of hydrogen-bond donors (Lipinski definition) is 1. The molecule has 4 nitrogen and oxygen atoms in total. The zero-order chi connectivity index (χ0) is 16.4. The Morgan fingerprint density at radius 2 is 1.78 bits per heavy atom. The van der Waals surface area contributed by atoms with Gasteiger partial charge in [-0.15, -0.1) is 0 Å². The number of morpholine rings is 1. The highest BCUT2D eigenvalue weighted by atomic mass is 16.5. The van der Waals surface area contributed by atoms with Crippen molar-refractivity contribution in [2.45, 2.75) is 39.0 Å². The second-order valence-electron chi connectivity index (χ2n) is 6.44. The molecule has 1 N–H and O–H groups in total. The molecule has 2 aromatic carbocycles. The minimum Gasteiger partial charge on any atom is -0.373 e. The molecular weight excluding hydrogens is 288 g/mol. The van der Waals surface area contributed by atoms with Crippen LogP contribution in [-0.4, -0.2) is 42.1 Å². The number of benzene rings is 2. The summed E-state index contributed by atoms with van der Waals surface area (Å²) in [5.74, 6) is 0.0292. The van der Waals surface area contributed by atoms with Crippen LogP contribution < -0.4 is 5.32 Å². The molecule has 1 amide bonds. The van der Waals surface area contributed by atoms with E-state index in [9.17, 15) is 4.79 Å². The fourth-order valence-electron chi connectivity index (χ4n) is 3.21. The Kier molecular flexibility index (Phi) is 4.64. The van der Waals surface area contributed by atoms with Crippen LogP contribution in [0.25, 0.3) is 10.8 Å². The number of nitrogens with zero attached hydrogens (tertiary/aromatic N) is 1. The Hall–Kier alpha value is -1.91. The first kappa shape index (κ1) is 16.0. The lowest BCUT2D eigenvalue weighted by Crippen LogP contribution is -2.52. The highest BCUT2D eigenvalue weighted by Gasteiger charge is 2.29. The zero-order valence-electron chi connectivity index (χ0n) is 14.0. The van der Waals surface area contributed by atoms with Gasteiger partial charge < -0.3 is 10.1 Å².